The van der Waals surface area contributed by atoms with E-state index in [-0.39, 0.29) is 11.3 Å². The summed E-state index contributed by atoms with van der Waals surface area (Å²) in [6.07, 6.45) is -5.36. The summed E-state index contributed by atoms with van der Waals surface area (Å²) in [4.78, 5) is 2.74. The molecule has 0 bridgehead atoms. The van der Waals surface area contributed by atoms with Crippen LogP contribution in [0.4, 0.5) is 13.2 Å². The van der Waals surface area contributed by atoms with Gasteiger partial charge in [0, 0.05) is 10.4 Å². The first-order valence-corrected chi connectivity index (χ1v) is 6.51. The van der Waals surface area contributed by atoms with Crippen molar-refractivity contribution in [2.24, 2.45) is 0 Å². The lowest BCUT2D eigenvalue weighted by Gasteiger charge is -2.16. The first kappa shape index (κ1) is 15.0. The molecule has 0 saturated carbocycles. The second-order valence-corrected chi connectivity index (χ2v) is 5.64. The van der Waals surface area contributed by atoms with Crippen molar-refractivity contribution in [3.05, 3.63) is 28.3 Å². The van der Waals surface area contributed by atoms with Crippen LogP contribution in [0, 0.1) is 6.92 Å². The molecule has 8 heteroatoms. The Hall–Kier alpha value is -1.38. The monoisotopic (exact) mass is 306 g/mol. The van der Waals surface area contributed by atoms with E-state index in [1.54, 1.807) is 31.1 Å². The molecule has 2 rings (SSSR count). The molecule has 1 N–H and O–H groups in total. The van der Waals surface area contributed by atoms with E-state index in [4.69, 9.17) is 0 Å². The van der Waals surface area contributed by atoms with Crippen molar-refractivity contribution >= 4 is 11.3 Å². The first-order chi connectivity index (χ1) is 9.21. The average Bonchev–Trinajstić information content (AvgIpc) is 2.92. The lowest BCUT2D eigenvalue weighted by molar-refractivity contribution is -0.156. The molecule has 0 spiro atoms. The summed E-state index contributed by atoms with van der Waals surface area (Å²) in [6, 6.07) is 3.28. The van der Waals surface area contributed by atoms with Crippen molar-refractivity contribution < 1.29 is 22.8 Å². The van der Waals surface area contributed by atoms with Gasteiger partial charge in [-0.3, -0.25) is 4.90 Å². The summed E-state index contributed by atoms with van der Waals surface area (Å²) >= 11 is 1.18. The highest BCUT2D eigenvalue weighted by molar-refractivity contribution is 7.15. The molecule has 2 aromatic rings. The molecule has 0 radical (unpaired) electrons. The molecule has 2 heterocycles. The summed E-state index contributed by atoms with van der Waals surface area (Å²) in [5, 5.41) is 13.4. The van der Waals surface area contributed by atoms with Crippen molar-refractivity contribution in [3.63, 3.8) is 0 Å². The average molecular weight is 306 g/mol. The largest absolute Gasteiger partial charge is 0.452 e. The molecule has 1 unspecified atom stereocenters. The Morgan fingerprint density at radius 1 is 1.35 bits per heavy atom. The molecule has 0 amide bonds. The minimum atomic E-state index is -4.56. The van der Waals surface area contributed by atoms with Crippen molar-refractivity contribution in [2.45, 2.75) is 19.3 Å². The number of nitrogens with zero attached hydrogens (tertiary/aromatic N) is 2. The van der Waals surface area contributed by atoms with Crippen LogP contribution in [0.1, 0.15) is 22.4 Å². The normalized spacial score (nSPS) is 14.0. The number of aromatic nitrogens is 1. The highest BCUT2D eigenvalue weighted by Gasteiger charge is 2.39. The van der Waals surface area contributed by atoms with E-state index in [9.17, 15) is 18.3 Å². The summed E-state index contributed by atoms with van der Waals surface area (Å²) in [5.41, 5.74) is 0.102. The number of hydrogen-bond donors (Lipinski definition) is 1. The number of rotatable bonds is 3. The van der Waals surface area contributed by atoms with Crippen LogP contribution in [0.3, 0.4) is 0 Å². The third-order valence-corrected chi connectivity index (χ3v) is 3.92. The van der Waals surface area contributed by atoms with Gasteiger partial charge in [-0.2, -0.15) is 13.2 Å². The Labute approximate surface area is 117 Å². The molecule has 4 nitrogen and oxygen atoms in total. The Balaban J connectivity index is 2.37. The molecule has 0 saturated heterocycles. The van der Waals surface area contributed by atoms with Gasteiger partial charge in [-0.05, 0) is 33.2 Å². The standard InChI is InChI=1S/C12H13F3N2O2S/c1-6-9(16-19-10(6)12(13,14)15)7-4-5-8(20-7)11(18)17(2)3/h4-5,11,18H,1-3H3. The van der Waals surface area contributed by atoms with Gasteiger partial charge in [-0.1, -0.05) is 5.16 Å². The van der Waals surface area contributed by atoms with Crippen LogP contribution in [0.2, 0.25) is 0 Å². The summed E-state index contributed by atoms with van der Waals surface area (Å²) in [6.45, 7) is 1.32. The Morgan fingerprint density at radius 3 is 2.50 bits per heavy atom. The van der Waals surface area contributed by atoms with E-state index in [0.717, 1.165) is 0 Å². The van der Waals surface area contributed by atoms with Crippen LogP contribution in [0.25, 0.3) is 10.6 Å². The topological polar surface area (TPSA) is 49.5 Å². The number of thiophene rings is 1. The van der Waals surface area contributed by atoms with Gasteiger partial charge in [0.1, 0.15) is 11.9 Å². The SMILES string of the molecule is Cc1c(-c2ccc(C(O)N(C)C)s2)noc1C(F)(F)F. The van der Waals surface area contributed by atoms with E-state index in [2.05, 4.69) is 9.68 Å². The van der Waals surface area contributed by atoms with E-state index in [0.29, 0.717) is 9.75 Å². The molecule has 20 heavy (non-hydrogen) atoms. The van der Waals surface area contributed by atoms with Gasteiger partial charge in [-0.25, -0.2) is 0 Å². The van der Waals surface area contributed by atoms with Crippen molar-refractivity contribution in [1.29, 1.82) is 0 Å². The Bertz CT molecular complexity index is 604. The second-order valence-electron chi connectivity index (χ2n) is 4.52. The van der Waals surface area contributed by atoms with Crippen LogP contribution in [-0.4, -0.2) is 29.3 Å². The number of alkyl halides is 3. The summed E-state index contributed by atoms with van der Waals surface area (Å²) in [5.74, 6) is -1.09. The fraction of sp³-hybridized carbons (Fsp3) is 0.417. The van der Waals surface area contributed by atoms with Crippen molar-refractivity contribution in [2.75, 3.05) is 14.1 Å². The summed E-state index contributed by atoms with van der Waals surface area (Å²) in [7, 11) is 3.40. The maximum atomic E-state index is 12.6. The molecule has 0 fully saturated rings. The predicted molar refractivity (Wildman–Crippen MR) is 68.2 cm³/mol. The molecule has 0 aromatic carbocycles. The van der Waals surface area contributed by atoms with Gasteiger partial charge in [0.05, 0.1) is 4.88 Å². The first-order valence-electron chi connectivity index (χ1n) is 5.70. The van der Waals surface area contributed by atoms with Crippen LogP contribution in [0.5, 0.6) is 0 Å². The zero-order valence-corrected chi connectivity index (χ0v) is 11.8. The van der Waals surface area contributed by atoms with Crippen LogP contribution in [0.15, 0.2) is 16.7 Å². The van der Waals surface area contributed by atoms with Gasteiger partial charge in [0.15, 0.2) is 0 Å². The van der Waals surface area contributed by atoms with Gasteiger partial charge in [0.25, 0.3) is 0 Å². The molecule has 0 aliphatic rings. The molecule has 2 aromatic heterocycles. The molecule has 110 valence electrons. The summed E-state index contributed by atoms with van der Waals surface area (Å²) < 4.78 is 42.3. The minimum absolute atomic E-state index is 0.0507. The van der Waals surface area contributed by atoms with Crippen LogP contribution < -0.4 is 0 Å². The zero-order valence-electron chi connectivity index (χ0n) is 11.0. The molecule has 0 aliphatic heterocycles. The van der Waals surface area contributed by atoms with E-state index < -0.39 is 18.2 Å². The highest BCUT2D eigenvalue weighted by atomic mass is 32.1. The number of aliphatic hydroxyl groups excluding tert-OH is 1. The zero-order chi connectivity index (χ0) is 15.1. The van der Waals surface area contributed by atoms with Gasteiger partial charge >= 0.3 is 6.18 Å². The maximum absolute atomic E-state index is 12.6. The third-order valence-electron chi connectivity index (χ3n) is 2.79. The third kappa shape index (κ3) is 2.72. The Kier molecular flexibility index (Phi) is 3.90. The smallest absolute Gasteiger partial charge is 0.373 e. The van der Waals surface area contributed by atoms with E-state index in [1.165, 1.54) is 18.3 Å². The predicted octanol–water partition coefficient (Wildman–Crippen LogP) is 3.28. The lowest BCUT2D eigenvalue weighted by atomic mass is 10.2. The highest BCUT2D eigenvalue weighted by Crippen LogP contribution is 2.39. The van der Waals surface area contributed by atoms with Gasteiger partial charge in [-0.15, -0.1) is 11.3 Å². The number of aliphatic hydroxyl groups is 1. The fourth-order valence-corrected chi connectivity index (χ4v) is 2.83. The van der Waals surface area contributed by atoms with Crippen LogP contribution >= 0.6 is 11.3 Å². The number of halogens is 3. The maximum Gasteiger partial charge on any atom is 0.452 e. The van der Waals surface area contributed by atoms with Crippen molar-refractivity contribution in [1.82, 2.24) is 10.1 Å². The quantitative estimate of drug-likeness (QED) is 0.884. The second kappa shape index (κ2) is 5.19. The minimum Gasteiger partial charge on any atom is -0.373 e. The van der Waals surface area contributed by atoms with Crippen LogP contribution in [-0.2, 0) is 6.18 Å². The lowest BCUT2D eigenvalue weighted by Crippen LogP contribution is -2.17. The van der Waals surface area contributed by atoms with Crippen molar-refractivity contribution in [3.8, 4) is 10.6 Å². The molecular weight excluding hydrogens is 293 g/mol. The fourth-order valence-electron chi connectivity index (χ4n) is 1.70. The van der Waals surface area contributed by atoms with E-state index in [1.807, 2.05) is 0 Å². The molecular formula is C12H13F3N2O2S. The van der Waals surface area contributed by atoms with Gasteiger partial charge < -0.3 is 9.63 Å². The molecule has 1 atom stereocenters. The van der Waals surface area contributed by atoms with E-state index >= 15 is 0 Å². The van der Waals surface area contributed by atoms with Gasteiger partial charge in [0.2, 0.25) is 5.76 Å². The Morgan fingerprint density at radius 2 is 2.00 bits per heavy atom. The number of hydrogen-bond acceptors (Lipinski definition) is 5. The molecule has 0 aliphatic carbocycles.